The van der Waals surface area contributed by atoms with Crippen LogP contribution in [0.1, 0.15) is 46.5 Å². The van der Waals surface area contributed by atoms with Crippen molar-refractivity contribution in [1.82, 2.24) is 30.2 Å². The molecule has 1 aliphatic rings. The standard InChI is InChI=1S/C29H52N6O10/c1-21(2)6-7-24(36)30-8-4-5-23(29(44)45)22(3)31-25(37)17-32-9-11-33(18-26(38)39)13-15-35(20-28(42)43)16-14-34(12-10-32)19-27(40)41/h21-23H,4-20H2,1-3H3,(H,30,36)(H,31,37)(H,38,39)(H,40,41)(H,42,43)(H,44,45)/t22?,23-/m0/s1. The smallest absolute Gasteiger partial charge is 0.317 e. The Hall–Kier alpha value is -3.34. The minimum atomic E-state index is -1.06. The first-order valence-corrected chi connectivity index (χ1v) is 15.5. The Balaban J connectivity index is 2.86. The fraction of sp³-hybridized carbons (Fsp3) is 0.793. The largest absolute Gasteiger partial charge is 0.481 e. The number of nitrogens with one attached hydrogen (secondary N) is 2. The highest BCUT2D eigenvalue weighted by Crippen LogP contribution is 2.12. The van der Waals surface area contributed by atoms with E-state index in [1.165, 1.54) is 0 Å². The van der Waals surface area contributed by atoms with Crippen molar-refractivity contribution in [3.63, 3.8) is 0 Å². The van der Waals surface area contributed by atoms with E-state index < -0.39 is 41.7 Å². The summed E-state index contributed by atoms with van der Waals surface area (Å²) in [5.41, 5.74) is 0. The molecule has 1 rings (SSSR count). The molecule has 1 fully saturated rings. The number of carboxylic acids is 4. The molecule has 1 aliphatic heterocycles. The van der Waals surface area contributed by atoms with Crippen molar-refractivity contribution in [3.8, 4) is 0 Å². The van der Waals surface area contributed by atoms with Crippen molar-refractivity contribution in [2.24, 2.45) is 11.8 Å². The predicted molar refractivity (Wildman–Crippen MR) is 164 cm³/mol. The van der Waals surface area contributed by atoms with Gasteiger partial charge in [-0.1, -0.05) is 13.8 Å². The lowest BCUT2D eigenvalue weighted by Gasteiger charge is -2.33. The minimum Gasteiger partial charge on any atom is -0.481 e. The molecule has 0 spiro atoms. The number of aliphatic carboxylic acids is 4. The van der Waals surface area contributed by atoms with E-state index in [-0.39, 0.29) is 90.9 Å². The Labute approximate surface area is 264 Å². The monoisotopic (exact) mass is 644 g/mol. The topological polar surface area (TPSA) is 220 Å². The molecule has 0 bridgehead atoms. The van der Waals surface area contributed by atoms with Crippen molar-refractivity contribution in [1.29, 1.82) is 0 Å². The minimum absolute atomic E-state index is 0.0792. The summed E-state index contributed by atoms with van der Waals surface area (Å²) in [5.74, 6) is -5.18. The van der Waals surface area contributed by atoms with Gasteiger partial charge in [0.2, 0.25) is 11.8 Å². The van der Waals surface area contributed by atoms with E-state index in [0.29, 0.717) is 25.3 Å². The van der Waals surface area contributed by atoms with Gasteiger partial charge in [-0.15, -0.1) is 0 Å². The Kier molecular flexibility index (Phi) is 18.9. The molecular weight excluding hydrogens is 592 g/mol. The van der Waals surface area contributed by atoms with Crippen LogP contribution in [0.15, 0.2) is 0 Å². The summed E-state index contributed by atoms with van der Waals surface area (Å²) >= 11 is 0. The molecule has 0 saturated carbocycles. The van der Waals surface area contributed by atoms with Crippen molar-refractivity contribution < 1.29 is 49.2 Å². The molecule has 1 saturated heterocycles. The Morgan fingerprint density at radius 2 is 1.00 bits per heavy atom. The molecule has 2 amide bonds. The third-order valence-corrected chi connectivity index (χ3v) is 7.65. The highest BCUT2D eigenvalue weighted by molar-refractivity contribution is 5.80. The Bertz CT molecular complexity index is 949. The van der Waals surface area contributed by atoms with Gasteiger partial charge in [-0.2, -0.15) is 0 Å². The van der Waals surface area contributed by atoms with Crippen LogP contribution in [-0.4, -0.2) is 167 Å². The number of rotatable bonds is 18. The molecule has 0 aromatic rings. The number of carboxylic acid groups (broad SMARTS) is 4. The fourth-order valence-corrected chi connectivity index (χ4v) is 5.03. The van der Waals surface area contributed by atoms with Crippen LogP contribution in [0, 0.1) is 11.8 Å². The van der Waals surface area contributed by atoms with E-state index in [1.807, 2.05) is 13.8 Å². The van der Waals surface area contributed by atoms with Gasteiger partial charge in [-0.05, 0) is 32.1 Å². The van der Waals surface area contributed by atoms with Crippen LogP contribution in [0.4, 0.5) is 0 Å². The zero-order valence-electron chi connectivity index (χ0n) is 26.8. The van der Waals surface area contributed by atoms with E-state index in [9.17, 15) is 49.2 Å². The van der Waals surface area contributed by atoms with Crippen LogP contribution in [0.2, 0.25) is 0 Å². The number of amides is 2. The molecule has 6 N–H and O–H groups in total. The van der Waals surface area contributed by atoms with Crippen LogP contribution >= 0.6 is 0 Å². The molecule has 0 radical (unpaired) electrons. The maximum atomic E-state index is 13.1. The Morgan fingerprint density at radius 3 is 1.36 bits per heavy atom. The highest BCUT2D eigenvalue weighted by Gasteiger charge is 2.27. The van der Waals surface area contributed by atoms with Gasteiger partial charge in [0.15, 0.2) is 0 Å². The van der Waals surface area contributed by atoms with Crippen molar-refractivity contribution >= 4 is 35.7 Å². The molecule has 0 aromatic carbocycles. The van der Waals surface area contributed by atoms with Gasteiger partial charge in [-0.3, -0.25) is 48.4 Å². The first kappa shape index (κ1) is 39.7. The number of nitrogens with zero attached hydrogens (tertiary/aromatic N) is 4. The fourth-order valence-electron chi connectivity index (χ4n) is 5.03. The number of hydrogen-bond acceptors (Lipinski definition) is 10. The zero-order chi connectivity index (χ0) is 33.9. The van der Waals surface area contributed by atoms with E-state index in [1.54, 1.807) is 26.5 Å². The summed E-state index contributed by atoms with van der Waals surface area (Å²) in [6.07, 6.45) is 1.86. The van der Waals surface area contributed by atoms with E-state index >= 15 is 0 Å². The van der Waals surface area contributed by atoms with Crippen LogP contribution in [0.25, 0.3) is 0 Å². The first-order chi connectivity index (χ1) is 21.2. The van der Waals surface area contributed by atoms with Gasteiger partial charge in [0.1, 0.15) is 0 Å². The van der Waals surface area contributed by atoms with Crippen LogP contribution in [0.3, 0.4) is 0 Å². The van der Waals surface area contributed by atoms with Gasteiger partial charge >= 0.3 is 23.9 Å². The lowest BCUT2D eigenvalue weighted by Crippen LogP contribution is -2.51. The maximum absolute atomic E-state index is 13.1. The second-order valence-corrected chi connectivity index (χ2v) is 12.0. The molecule has 0 aliphatic carbocycles. The maximum Gasteiger partial charge on any atom is 0.317 e. The average Bonchev–Trinajstić information content (AvgIpc) is 2.92. The molecule has 16 nitrogen and oxygen atoms in total. The second kappa shape index (κ2) is 21.4. The highest BCUT2D eigenvalue weighted by atomic mass is 16.4. The van der Waals surface area contributed by atoms with Crippen molar-refractivity contribution in [3.05, 3.63) is 0 Å². The quantitative estimate of drug-likeness (QED) is 0.0986. The third-order valence-electron chi connectivity index (χ3n) is 7.65. The zero-order valence-corrected chi connectivity index (χ0v) is 26.8. The third kappa shape index (κ3) is 18.9. The van der Waals surface area contributed by atoms with Crippen molar-refractivity contribution in [2.45, 2.75) is 52.5 Å². The van der Waals surface area contributed by atoms with E-state index in [2.05, 4.69) is 10.6 Å². The van der Waals surface area contributed by atoms with Gasteiger partial charge in [0.05, 0.1) is 32.1 Å². The summed E-state index contributed by atoms with van der Waals surface area (Å²) in [6, 6.07) is -0.702. The summed E-state index contributed by atoms with van der Waals surface area (Å²) in [4.78, 5) is 78.0. The first-order valence-electron chi connectivity index (χ1n) is 15.5. The van der Waals surface area contributed by atoms with Gasteiger partial charge < -0.3 is 31.1 Å². The lowest BCUT2D eigenvalue weighted by atomic mass is 9.95. The molecule has 2 atom stereocenters. The van der Waals surface area contributed by atoms with E-state index in [0.717, 1.165) is 6.42 Å². The molecular formula is C29H52N6O10. The van der Waals surface area contributed by atoms with Crippen LogP contribution in [0.5, 0.6) is 0 Å². The van der Waals surface area contributed by atoms with Crippen LogP contribution in [-0.2, 0) is 28.8 Å². The average molecular weight is 645 g/mol. The molecule has 0 aromatic heterocycles. The van der Waals surface area contributed by atoms with E-state index in [4.69, 9.17) is 0 Å². The Morgan fingerprint density at radius 1 is 0.600 bits per heavy atom. The van der Waals surface area contributed by atoms with Crippen molar-refractivity contribution in [2.75, 3.05) is 85.1 Å². The lowest BCUT2D eigenvalue weighted by molar-refractivity contribution is -0.143. The number of hydrogen-bond donors (Lipinski definition) is 6. The second-order valence-electron chi connectivity index (χ2n) is 12.0. The SMILES string of the molecule is CC(C)CCC(=O)NCCC[C@H](C(=O)O)C(C)NC(=O)CN1CCN(CC(=O)O)CCN(CC(=O)O)CCN(CC(=O)O)CC1. The summed E-state index contributed by atoms with van der Waals surface area (Å²) in [5, 5.41) is 43.4. The predicted octanol–water partition coefficient (Wildman–Crippen LogP) is -1.00. The molecule has 1 heterocycles. The summed E-state index contributed by atoms with van der Waals surface area (Å²) < 4.78 is 0. The summed E-state index contributed by atoms with van der Waals surface area (Å²) in [6.45, 7) is 7.17. The van der Waals surface area contributed by atoms with Gasteiger partial charge in [-0.25, -0.2) is 0 Å². The van der Waals surface area contributed by atoms with Gasteiger partial charge in [0, 0.05) is 71.4 Å². The normalized spacial score (nSPS) is 17.9. The summed E-state index contributed by atoms with van der Waals surface area (Å²) in [7, 11) is 0. The molecule has 1 unspecified atom stereocenters. The number of carbonyl (C=O) groups is 6. The number of carbonyl (C=O) groups excluding carboxylic acids is 2. The molecule has 258 valence electrons. The van der Waals surface area contributed by atoms with Gasteiger partial charge in [0.25, 0.3) is 0 Å². The molecule has 16 heteroatoms. The molecule has 45 heavy (non-hydrogen) atoms. The van der Waals surface area contributed by atoms with Crippen LogP contribution < -0.4 is 10.6 Å².